The largest absolute Gasteiger partial charge is 0.352 e. The van der Waals surface area contributed by atoms with Crippen LogP contribution in [-0.2, 0) is 9.53 Å². The molecule has 3 aliphatic rings. The van der Waals surface area contributed by atoms with Crippen LogP contribution in [0.25, 0.3) is 0 Å². The van der Waals surface area contributed by atoms with E-state index < -0.39 is 0 Å². The van der Waals surface area contributed by atoms with Gasteiger partial charge in [0.05, 0.1) is 12.6 Å². The van der Waals surface area contributed by atoms with E-state index in [9.17, 15) is 4.79 Å². The summed E-state index contributed by atoms with van der Waals surface area (Å²) in [6.07, 6.45) is -0.160. The number of piperidine rings is 1. The van der Waals surface area contributed by atoms with Crippen LogP contribution in [0.5, 0.6) is 0 Å². The highest BCUT2D eigenvalue weighted by atomic mass is 16.5. The Morgan fingerprint density at radius 1 is 1.28 bits per heavy atom. The lowest BCUT2D eigenvalue weighted by atomic mass is 10.0. The second-order valence-corrected chi connectivity index (χ2v) is 6.23. The van der Waals surface area contributed by atoms with Gasteiger partial charge in [-0.1, -0.05) is 44.2 Å². The number of hydrogen-bond donors (Lipinski definition) is 0. The van der Waals surface area contributed by atoms with Gasteiger partial charge in [0.25, 0.3) is 0 Å². The monoisotopic (exact) mass is 243 g/mol. The molecule has 1 aromatic carbocycles. The molecule has 2 heterocycles. The van der Waals surface area contributed by atoms with Crippen LogP contribution in [0.2, 0.25) is 0 Å². The van der Waals surface area contributed by atoms with E-state index in [0.717, 1.165) is 5.56 Å². The molecule has 2 saturated heterocycles. The van der Waals surface area contributed by atoms with Crippen LogP contribution in [0, 0.1) is 17.3 Å². The SMILES string of the molecule is CC1(C)[C@@H]2[C@H]3CO[C@H](c4ccccc4)N3C(=O)[C@@H]21. The number of benzene rings is 1. The maximum Gasteiger partial charge on any atom is 0.229 e. The fourth-order valence-electron chi connectivity index (χ4n) is 3.98. The molecule has 1 saturated carbocycles. The van der Waals surface area contributed by atoms with Crippen LogP contribution in [0.1, 0.15) is 25.6 Å². The zero-order valence-corrected chi connectivity index (χ0v) is 10.7. The number of rotatable bonds is 1. The number of fused-ring (bicyclic) bond motifs is 3. The number of amides is 1. The summed E-state index contributed by atoms with van der Waals surface area (Å²) in [6, 6.07) is 10.4. The minimum absolute atomic E-state index is 0.160. The van der Waals surface area contributed by atoms with E-state index in [4.69, 9.17) is 4.74 Å². The summed E-state index contributed by atoms with van der Waals surface area (Å²) in [5.74, 6) is 1.03. The van der Waals surface area contributed by atoms with Crippen LogP contribution in [-0.4, -0.2) is 23.5 Å². The minimum Gasteiger partial charge on any atom is -0.352 e. The van der Waals surface area contributed by atoms with Crippen LogP contribution < -0.4 is 0 Å². The highest BCUT2D eigenvalue weighted by Crippen LogP contribution is 2.67. The molecule has 3 nitrogen and oxygen atoms in total. The first-order chi connectivity index (χ1) is 8.62. The highest BCUT2D eigenvalue weighted by molar-refractivity contribution is 5.87. The quantitative estimate of drug-likeness (QED) is 0.756. The Hall–Kier alpha value is -1.35. The molecule has 0 aromatic heterocycles. The topological polar surface area (TPSA) is 29.5 Å². The second-order valence-electron chi connectivity index (χ2n) is 6.23. The summed E-state index contributed by atoms with van der Waals surface area (Å²) >= 11 is 0. The van der Waals surface area contributed by atoms with E-state index in [1.54, 1.807) is 0 Å². The molecule has 0 N–H and O–H groups in total. The van der Waals surface area contributed by atoms with Gasteiger partial charge in [0, 0.05) is 11.5 Å². The molecule has 94 valence electrons. The average molecular weight is 243 g/mol. The van der Waals surface area contributed by atoms with E-state index in [0.29, 0.717) is 24.5 Å². The summed E-state index contributed by atoms with van der Waals surface area (Å²) in [7, 11) is 0. The molecule has 4 atom stereocenters. The number of nitrogens with zero attached hydrogens (tertiary/aromatic N) is 1. The smallest absolute Gasteiger partial charge is 0.229 e. The molecule has 0 bridgehead atoms. The Morgan fingerprint density at radius 3 is 2.72 bits per heavy atom. The van der Waals surface area contributed by atoms with Gasteiger partial charge in [-0.15, -0.1) is 0 Å². The predicted molar refractivity (Wildman–Crippen MR) is 66.5 cm³/mol. The van der Waals surface area contributed by atoms with E-state index in [-0.39, 0.29) is 17.6 Å². The number of carbonyl (C=O) groups is 1. The maximum atomic E-state index is 12.5. The first kappa shape index (κ1) is 10.6. The summed E-state index contributed by atoms with van der Waals surface area (Å²) < 4.78 is 5.87. The lowest BCUT2D eigenvalue weighted by Gasteiger charge is -2.27. The summed E-state index contributed by atoms with van der Waals surface area (Å²) in [6.45, 7) is 5.09. The molecular formula is C15H17NO2. The predicted octanol–water partition coefficient (Wildman–Crippen LogP) is 2.20. The minimum atomic E-state index is -0.160. The molecule has 4 rings (SSSR count). The Labute approximate surface area is 107 Å². The zero-order chi connectivity index (χ0) is 12.5. The third-order valence-corrected chi connectivity index (χ3v) is 4.97. The highest BCUT2D eigenvalue weighted by Gasteiger charge is 2.73. The van der Waals surface area contributed by atoms with Crippen molar-refractivity contribution in [2.75, 3.05) is 6.61 Å². The Morgan fingerprint density at radius 2 is 2.00 bits per heavy atom. The third kappa shape index (κ3) is 1.11. The Bertz CT molecular complexity index is 510. The van der Waals surface area contributed by atoms with Crippen LogP contribution >= 0.6 is 0 Å². The van der Waals surface area contributed by atoms with Crippen molar-refractivity contribution in [3.8, 4) is 0 Å². The van der Waals surface area contributed by atoms with Crippen molar-refractivity contribution in [1.29, 1.82) is 0 Å². The zero-order valence-electron chi connectivity index (χ0n) is 10.7. The van der Waals surface area contributed by atoms with Gasteiger partial charge in [0.15, 0.2) is 6.23 Å². The number of ether oxygens (including phenoxy) is 1. The fourth-order valence-corrected chi connectivity index (χ4v) is 3.98. The van der Waals surface area contributed by atoms with Gasteiger partial charge < -0.3 is 9.64 Å². The third-order valence-electron chi connectivity index (χ3n) is 4.97. The molecule has 3 fully saturated rings. The molecule has 0 unspecified atom stereocenters. The van der Waals surface area contributed by atoms with Crippen LogP contribution in [0.4, 0.5) is 0 Å². The van der Waals surface area contributed by atoms with Crippen molar-refractivity contribution < 1.29 is 9.53 Å². The van der Waals surface area contributed by atoms with Crippen molar-refractivity contribution in [3.05, 3.63) is 35.9 Å². The first-order valence-corrected chi connectivity index (χ1v) is 6.61. The van der Waals surface area contributed by atoms with Crippen molar-refractivity contribution in [1.82, 2.24) is 4.90 Å². The van der Waals surface area contributed by atoms with Gasteiger partial charge in [-0.25, -0.2) is 0 Å². The van der Waals surface area contributed by atoms with Gasteiger partial charge in [-0.05, 0) is 11.3 Å². The second kappa shape index (κ2) is 3.15. The summed E-state index contributed by atoms with van der Waals surface area (Å²) in [5, 5.41) is 0. The van der Waals surface area contributed by atoms with E-state index in [1.807, 2.05) is 35.2 Å². The number of hydrogen-bond acceptors (Lipinski definition) is 2. The molecule has 0 radical (unpaired) electrons. The average Bonchev–Trinajstić information content (AvgIpc) is 2.70. The standard InChI is InChI=1S/C15H17NO2/c1-15(2)11-10-8-18-14(9-6-4-3-5-7-9)16(10)13(17)12(11)15/h3-7,10-12,14H,8H2,1-2H3/t10-,11-,12-,14-/m1/s1. The first-order valence-electron chi connectivity index (χ1n) is 6.61. The van der Waals surface area contributed by atoms with E-state index in [1.165, 1.54) is 0 Å². The molecular weight excluding hydrogens is 226 g/mol. The molecule has 1 aromatic rings. The molecule has 2 aliphatic heterocycles. The Balaban J connectivity index is 1.67. The summed E-state index contributed by atoms with van der Waals surface area (Å²) in [4.78, 5) is 14.5. The molecule has 1 amide bonds. The van der Waals surface area contributed by atoms with Crippen LogP contribution in [0.3, 0.4) is 0 Å². The summed E-state index contributed by atoms with van der Waals surface area (Å²) in [5.41, 5.74) is 1.28. The van der Waals surface area contributed by atoms with Crippen molar-refractivity contribution >= 4 is 5.91 Å². The van der Waals surface area contributed by atoms with Gasteiger partial charge in [0.1, 0.15) is 0 Å². The van der Waals surface area contributed by atoms with Crippen molar-refractivity contribution in [3.63, 3.8) is 0 Å². The number of carbonyl (C=O) groups excluding carboxylic acids is 1. The lowest BCUT2D eigenvalue weighted by Crippen LogP contribution is -2.37. The van der Waals surface area contributed by atoms with Crippen molar-refractivity contribution in [2.45, 2.75) is 26.1 Å². The van der Waals surface area contributed by atoms with Gasteiger partial charge >= 0.3 is 0 Å². The lowest BCUT2D eigenvalue weighted by molar-refractivity contribution is -0.137. The van der Waals surface area contributed by atoms with Crippen molar-refractivity contribution in [2.24, 2.45) is 17.3 Å². The molecule has 0 spiro atoms. The Kier molecular flexibility index (Phi) is 1.85. The van der Waals surface area contributed by atoms with E-state index in [2.05, 4.69) is 13.8 Å². The normalized spacial score (nSPS) is 39.7. The van der Waals surface area contributed by atoms with Gasteiger partial charge in [-0.2, -0.15) is 0 Å². The van der Waals surface area contributed by atoms with Gasteiger partial charge in [0.2, 0.25) is 5.91 Å². The molecule has 3 heteroatoms. The maximum absolute atomic E-state index is 12.5. The molecule has 1 aliphatic carbocycles. The van der Waals surface area contributed by atoms with Gasteiger partial charge in [-0.3, -0.25) is 4.79 Å². The molecule has 18 heavy (non-hydrogen) atoms. The van der Waals surface area contributed by atoms with E-state index >= 15 is 0 Å². The van der Waals surface area contributed by atoms with Crippen LogP contribution in [0.15, 0.2) is 30.3 Å². The fraction of sp³-hybridized carbons (Fsp3) is 0.533.